The van der Waals surface area contributed by atoms with Crippen LogP contribution in [0.25, 0.3) is 0 Å². The van der Waals surface area contributed by atoms with Gasteiger partial charge in [-0.1, -0.05) is 13.8 Å². The maximum absolute atomic E-state index is 5.79. The average Bonchev–Trinajstić information content (AvgIpc) is 2.16. The Kier molecular flexibility index (Phi) is 5.62. The van der Waals surface area contributed by atoms with Crippen LogP contribution in [-0.4, -0.2) is 30.6 Å². The third-order valence-electron chi connectivity index (χ3n) is 3.36. The van der Waals surface area contributed by atoms with Crippen molar-refractivity contribution in [3.05, 3.63) is 0 Å². The van der Waals surface area contributed by atoms with Gasteiger partial charge in [0.2, 0.25) is 0 Å². The summed E-state index contributed by atoms with van der Waals surface area (Å²) < 4.78 is 0. The van der Waals surface area contributed by atoms with Crippen LogP contribution in [0.4, 0.5) is 0 Å². The topological polar surface area (TPSA) is 29.3 Å². The molecular formula is C13H28N2. The Labute approximate surface area is 95.2 Å². The first-order valence-electron chi connectivity index (χ1n) is 6.56. The number of hydrogen-bond acceptors (Lipinski definition) is 2. The highest BCUT2D eigenvalue weighted by atomic mass is 15.1. The van der Waals surface area contributed by atoms with Crippen molar-refractivity contribution in [2.45, 2.75) is 52.5 Å². The zero-order chi connectivity index (χ0) is 11.3. The van der Waals surface area contributed by atoms with Crippen molar-refractivity contribution in [1.82, 2.24) is 4.90 Å². The Hall–Kier alpha value is -0.0800. The SMILES string of the molecule is CC(C)CN1CCC(CCC(C)N)CC1. The molecule has 1 aliphatic heterocycles. The second-order valence-corrected chi connectivity index (χ2v) is 5.69. The first-order valence-corrected chi connectivity index (χ1v) is 6.56. The Morgan fingerprint density at radius 3 is 2.27 bits per heavy atom. The van der Waals surface area contributed by atoms with Gasteiger partial charge in [0.05, 0.1) is 0 Å². The molecule has 1 saturated heterocycles. The first kappa shape index (κ1) is 13.0. The van der Waals surface area contributed by atoms with Crippen molar-refractivity contribution >= 4 is 0 Å². The number of rotatable bonds is 5. The van der Waals surface area contributed by atoms with Crippen molar-refractivity contribution in [1.29, 1.82) is 0 Å². The molecule has 0 radical (unpaired) electrons. The van der Waals surface area contributed by atoms with E-state index < -0.39 is 0 Å². The Morgan fingerprint density at radius 1 is 1.20 bits per heavy atom. The molecule has 2 nitrogen and oxygen atoms in total. The number of nitrogens with two attached hydrogens (primary N) is 1. The van der Waals surface area contributed by atoms with Crippen LogP contribution in [0.15, 0.2) is 0 Å². The lowest BCUT2D eigenvalue weighted by Gasteiger charge is -2.33. The summed E-state index contributed by atoms with van der Waals surface area (Å²) in [5, 5.41) is 0. The van der Waals surface area contributed by atoms with Crippen molar-refractivity contribution < 1.29 is 0 Å². The van der Waals surface area contributed by atoms with Crippen LogP contribution in [0.2, 0.25) is 0 Å². The van der Waals surface area contributed by atoms with Crippen LogP contribution in [0.3, 0.4) is 0 Å². The van der Waals surface area contributed by atoms with E-state index in [1.807, 2.05) is 0 Å². The van der Waals surface area contributed by atoms with Gasteiger partial charge in [-0.25, -0.2) is 0 Å². The van der Waals surface area contributed by atoms with Gasteiger partial charge in [-0.2, -0.15) is 0 Å². The second-order valence-electron chi connectivity index (χ2n) is 5.69. The van der Waals surface area contributed by atoms with Crippen molar-refractivity contribution in [3.8, 4) is 0 Å². The van der Waals surface area contributed by atoms with Gasteiger partial charge in [0.1, 0.15) is 0 Å². The molecule has 1 atom stereocenters. The van der Waals surface area contributed by atoms with Crippen LogP contribution in [0.1, 0.15) is 46.5 Å². The molecule has 0 spiro atoms. The fourth-order valence-electron chi connectivity index (χ4n) is 2.47. The summed E-state index contributed by atoms with van der Waals surface area (Å²) in [6, 6.07) is 0.388. The van der Waals surface area contributed by atoms with E-state index in [9.17, 15) is 0 Å². The van der Waals surface area contributed by atoms with Gasteiger partial charge in [-0.15, -0.1) is 0 Å². The van der Waals surface area contributed by atoms with Gasteiger partial charge in [0, 0.05) is 12.6 Å². The summed E-state index contributed by atoms with van der Waals surface area (Å²) in [4.78, 5) is 2.62. The predicted octanol–water partition coefficient (Wildman–Crippen LogP) is 2.48. The third-order valence-corrected chi connectivity index (χ3v) is 3.36. The zero-order valence-electron chi connectivity index (χ0n) is 10.7. The smallest absolute Gasteiger partial charge is 0.00105 e. The molecule has 15 heavy (non-hydrogen) atoms. The minimum atomic E-state index is 0.388. The van der Waals surface area contributed by atoms with E-state index >= 15 is 0 Å². The normalized spacial score (nSPS) is 22.2. The Morgan fingerprint density at radius 2 is 1.80 bits per heavy atom. The summed E-state index contributed by atoms with van der Waals surface area (Å²) in [7, 11) is 0. The number of hydrogen-bond donors (Lipinski definition) is 1. The van der Waals surface area contributed by atoms with Crippen LogP contribution < -0.4 is 5.73 Å². The maximum atomic E-state index is 5.79. The molecule has 0 aromatic carbocycles. The van der Waals surface area contributed by atoms with E-state index in [0.717, 1.165) is 11.8 Å². The van der Waals surface area contributed by atoms with Gasteiger partial charge in [-0.05, 0) is 57.5 Å². The molecule has 0 aliphatic carbocycles. The lowest BCUT2D eigenvalue weighted by Crippen LogP contribution is -2.36. The fraction of sp³-hybridized carbons (Fsp3) is 1.00. The molecule has 1 unspecified atom stereocenters. The molecule has 0 bridgehead atoms. The van der Waals surface area contributed by atoms with E-state index in [4.69, 9.17) is 5.73 Å². The van der Waals surface area contributed by atoms with E-state index in [-0.39, 0.29) is 0 Å². The molecule has 90 valence electrons. The van der Waals surface area contributed by atoms with Gasteiger partial charge in [0.15, 0.2) is 0 Å². The summed E-state index contributed by atoms with van der Waals surface area (Å²) in [5.41, 5.74) is 5.79. The molecule has 1 rings (SSSR count). The molecule has 1 aliphatic rings. The Balaban J connectivity index is 2.12. The van der Waals surface area contributed by atoms with E-state index in [1.165, 1.54) is 45.3 Å². The van der Waals surface area contributed by atoms with Crippen LogP contribution >= 0.6 is 0 Å². The third kappa shape index (κ3) is 5.53. The monoisotopic (exact) mass is 212 g/mol. The van der Waals surface area contributed by atoms with Crippen LogP contribution in [0.5, 0.6) is 0 Å². The highest BCUT2D eigenvalue weighted by Gasteiger charge is 2.19. The lowest BCUT2D eigenvalue weighted by atomic mass is 9.90. The quantitative estimate of drug-likeness (QED) is 0.758. The van der Waals surface area contributed by atoms with Crippen LogP contribution in [0, 0.1) is 11.8 Å². The predicted molar refractivity (Wildman–Crippen MR) is 66.9 cm³/mol. The average molecular weight is 212 g/mol. The lowest BCUT2D eigenvalue weighted by molar-refractivity contribution is 0.161. The molecule has 1 fully saturated rings. The van der Waals surface area contributed by atoms with Gasteiger partial charge in [0.25, 0.3) is 0 Å². The number of nitrogens with zero attached hydrogens (tertiary/aromatic N) is 1. The largest absolute Gasteiger partial charge is 0.328 e. The maximum Gasteiger partial charge on any atom is 0.00105 e. The number of likely N-dealkylation sites (tertiary alicyclic amines) is 1. The van der Waals surface area contributed by atoms with Crippen molar-refractivity contribution in [2.24, 2.45) is 17.6 Å². The molecule has 0 amide bonds. The first-order chi connectivity index (χ1) is 7.08. The van der Waals surface area contributed by atoms with E-state index in [0.29, 0.717) is 6.04 Å². The summed E-state index contributed by atoms with van der Waals surface area (Å²) in [5.74, 6) is 1.75. The van der Waals surface area contributed by atoms with Crippen molar-refractivity contribution in [3.63, 3.8) is 0 Å². The molecule has 1 heterocycles. The highest BCUT2D eigenvalue weighted by Crippen LogP contribution is 2.22. The van der Waals surface area contributed by atoms with Gasteiger partial charge < -0.3 is 10.6 Å². The minimum Gasteiger partial charge on any atom is -0.328 e. The molecule has 0 aromatic rings. The molecule has 0 aromatic heterocycles. The summed E-state index contributed by atoms with van der Waals surface area (Å²) in [6.07, 6.45) is 5.32. The minimum absolute atomic E-state index is 0.388. The Bertz CT molecular complexity index is 158. The second kappa shape index (κ2) is 6.49. The molecule has 2 N–H and O–H groups in total. The number of piperidine rings is 1. The highest BCUT2D eigenvalue weighted by molar-refractivity contribution is 4.73. The van der Waals surface area contributed by atoms with Crippen LogP contribution in [-0.2, 0) is 0 Å². The van der Waals surface area contributed by atoms with E-state index in [2.05, 4.69) is 25.7 Å². The van der Waals surface area contributed by atoms with E-state index in [1.54, 1.807) is 0 Å². The molecule has 2 heteroatoms. The van der Waals surface area contributed by atoms with Gasteiger partial charge >= 0.3 is 0 Å². The summed E-state index contributed by atoms with van der Waals surface area (Å²) >= 11 is 0. The van der Waals surface area contributed by atoms with Crippen molar-refractivity contribution in [2.75, 3.05) is 19.6 Å². The molecule has 0 saturated carbocycles. The molecular weight excluding hydrogens is 184 g/mol. The standard InChI is InChI=1S/C13H28N2/c1-11(2)10-15-8-6-13(7-9-15)5-4-12(3)14/h11-13H,4-10,14H2,1-3H3. The fourth-order valence-corrected chi connectivity index (χ4v) is 2.47. The van der Waals surface area contributed by atoms with Gasteiger partial charge in [-0.3, -0.25) is 0 Å². The zero-order valence-corrected chi connectivity index (χ0v) is 10.7. The summed E-state index contributed by atoms with van der Waals surface area (Å²) in [6.45, 7) is 10.6.